The lowest BCUT2D eigenvalue weighted by Crippen LogP contribution is -2.37. The van der Waals surface area contributed by atoms with Gasteiger partial charge in [0, 0.05) is 19.4 Å². The molecule has 0 radical (unpaired) electrons. The molecule has 0 aromatic carbocycles. The monoisotopic (exact) mass is 214 g/mol. The van der Waals surface area contributed by atoms with Crippen molar-refractivity contribution in [2.24, 2.45) is 0 Å². The van der Waals surface area contributed by atoms with Crippen LogP contribution in [0.2, 0.25) is 0 Å². The first kappa shape index (κ1) is 11.4. The number of unbranched alkanes of at least 4 members (excludes halogenated alkanes) is 1. The summed E-state index contributed by atoms with van der Waals surface area (Å²) >= 11 is 0. The molecule has 1 aliphatic heterocycles. The number of hydrogen-bond acceptors (Lipinski definition) is 3. The van der Waals surface area contributed by atoms with Crippen LogP contribution in [0.1, 0.15) is 45.4 Å². The largest absolute Gasteiger partial charge is 0.378 e. The highest BCUT2D eigenvalue weighted by atomic mass is 16.7. The van der Waals surface area contributed by atoms with E-state index in [1.54, 1.807) is 0 Å². The third-order valence-corrected chi connectivity index (χ3v) is 3.36. The van der Waals surface area contributed by atoms with E-state index < -0.39 is 0 Å². The molecule has 0 aromatic rings. The number of hydrogen-bond donors (Lipinski definition) is 0. The van der Waals surface area contributed by atoms with Crippen molar-refractivity contribution in [1.29, 1.82) is 0 Å². The smallest absolute Gasteiger partial charge is 0.168 e. The van der Waals surface area contributed by atoms with Gasteiger partial charge in [-0.1, -0.05) is 13.3 Å². The molecule has 1 saturated carbocycles. The van der Waals surface area contributed by atoms with E-state index in [9.17, 15) is 0 Å². The lowest BCUT2D eigenvalue weighted by atomic mass is 9.92. The molecule has 88 valence electrons. The summed E-state index contributed by atoms with van der Waals surface area (Å²) in [6, 6.07) is 0. The Morgan fingerprint density at radius 3 is 2.47 bits per heavy atom. The third-order valence-electron chi connectivity index (χ3n) is 3.36. The number of ether oxygens (including phenoxy) is 3. The minimum atomic E-state index is -0.232. The fraction of sp³-hybridized carbons (Fsp3) is 1.00. The van der Waals surface area contributed by atoms with Crippen molar-refractivity contribution in [2.75, 3.05) is 19.8 Å². The maximum absolute atomic E-state index is 5.81. The van der Waals surface area contributed by atoms with Gasteiger partial charge in [0.1, 0.15) is 0 Å². The fourth-order valence-electron chi connectivity index (χ4n) is 2.38. The molecule has 0 unspecified atom stereocenters. The van der Waals surface area contributed by atoms with Crippen molar-refractivity contribution >= 4 is 0 Å². The van der Waals surface area contributed by atoms with Crippen molar-refractivity contribution in [2.45, 2.75) is 57.3 Å². The lowest BCUT2D eigenvalue weighted by molar-refractivity contribution is -0.191. The van der Waals surface area contributed by atoms with E-state index in [4.69, 9.17) is 14.2 Å². The van der Waals surface area contributed by atoms with Gasteiger partial charge in [-0.05, 0) is 19.3 Å². The van der Waals surface area contributed by atoms with Crippen molar-refractivity contribution in [1.82, 2.24) is 0 Å². The highest BCUT2D eigenvalue weighted by molar-refractivity contribution is 4.82. The Balaban J connectivity index is 1.67. The Bertz CT molecular complexity index is 177. The van der Waals surface area contributed by atoms with Crippen molar-refractivity contribution in [3.63, 3.8) is 0 Å². The molecule has 1 saturated heterocycles. The van der Waals surface area contributed by atoms with Gasteiger partial charge < -0.3 is 14.2 Å². The van der Waals surface area contributed by atoms with Crippen LogP contribution >= 0.6 is 0 Å². The molecule has 1 aliphatic carbocycles. The van der Waals surface area contributed by atoms with Crippen LogP contribution in [0.3, 0.4) is 0 Å². The summed E-state index contributed by atoms with van der Waals surface area (Å²) in [4.78, 5) is 0. The molecule has 2 aliphatic rings. The molecule has 0 amide bonds. The predicted octanol–water partition coefficient (Wildman–Crippen LogP) is 2.49. The van der Waals surface area contributed by atoms with Gasteiger partial charge in [-0.15, -0.1) is 0 Å². The molecular weight excluding hydrogens is 192 g/mol. The molecule has 3 nitrogen and oxygen atoms in total. The average molecular weight is 214 g/mol. The predicted molar refractivity (Wildman–Crippen MR) is 57.8 cm³/mol. The summed E-state index contributed by atoms with van der Waals surface area (Å²) in [6.45, 7) is 4.64. The normalized spacial score (nSPS) is 26.2. The zero-order valence-corrected chi connectivity index (χ0v) is 9.67. The van der Waals surface area contributed by atoms with E-state index in [-0.39, 0.29) is 5.79 Å². The summed E-state index contributed by atoms with van der Waals surface area (Å²) < 4.78 is 17.2. The van der Waals surface area contributed by atoms with Crippen LogP contribution in [-0.4, -0.2) is 31.7 Å². The van der Waals surface area contributed by atoms with Gasteiger partial charge in [0.05, 0.1) is 19.3 Å². The summed E-state index contributed by atoms with van der Waals surface area (Å²) in [5.41, 5.74) is 0. The Kier molecular flexibility index (Phi) is 4.00. The first-order valence-electron chi connectivity index (χ1n) is 6.24. The average Bonchev–Trinajstić information content (AvgIpc) is 2.71. The van der Waals surface area contributed by atoms with Crippen molar-refractivity contribution in [3.05, 3.63) is 0 Å². The van der Waals surface area contributed by atoms with Gasteiger partial charge in [-0.3, -0.25) is 0 Å². The SMILES string of the molecule is CCCCOC1CCC2(CC1)OCCO2. The third kappa shape index (κ3) is 2.92. The van der Waals surface area contributed by atoms with E-state index >= 15 is 0 Å². The molecule has 0 atom stereocenters. The maximum Gasteiger partial charge on any atom is 0.168 e. The van der Waals surface area contributed by atoms with Crippen molar-refractivity contribution < 1.29 is 14.2 Å². The second-order valence-electron chi connectivity index (χ2n) is 4.53. The summed E-state index contributed by atoms with van der Waals surface area (Å²) in [6.07, 6.45) is 7.01. The van der Waals surface area contributed by atoms with Gasteiger partial charge in [-0.25, -0.2) is 0 Å². The molecule has 15 heavy (non-hydrogen) atoms. The zero-order chi connectivity index (χ0) is 10.6. The van der Waals surface area contributed by atoms with Gasteiger partial charge in [0.2, 0.25) is 0 Å². The Labute approximate surface area is 92.1 Å². The topological polar surface area (TPSA) is 27.7 Å². The van der Waals surface area contributed by atoms with Gasteiger partial charge in [0.25, 0.3) is 0 Å². The van der Waals surface area contributed by atoms with Crippen LogP contribution in [0.4, 0.5) is 0 Å². The quantitative estimate of drug-likeness (QED) is 0.673. The van der Waals surface area contributed by atoms with Crippen LogP contribution in [0, 0.1) is 0 Å². The highest BCUT2D eigenvalue weighted by Crippen LogP contribution is 2.36. The molecule has 0 N–H and O–H groups in total. The first-order valence-corrected chi connectivity index (χ1v) is 6.24. The molecule has 2 fully saturated rings. The van der Waals surface area contributed by atoms with Gasteiger partial charge in [-0.2, -0.15) is 0 Å². The minimum Gasteiger partial charge on any atom is -0.378 e. The van der Waals surface area contributed by atoms with Crippen LogP contribution < -0.4 is 0 Å². The second kappa shape index (κ2) is 5.28. The lowest BCUT2D eigenvalue weighted by Gasteiger charge is -2.35. The molecule has 1 heterocycles. The van der Waals surface area contributed by atoms with Crippen LogP contribution in [0.5, 0.6) is 0 Å². The Morgan fingerprint density at radius 1 is 1.20 bits per heavy atom. The van der Waals surface area contributed by atoms with E-state index in [0.717, 1.165) is 45.5 Å². The molecular formula is C12H22O3. The van der Waals surface area contributed by atoms with Gasteiger partial charge >= 0.3 is 0 Å². The molecule has 3 heteroatoms. The highest BCUT2D eigenvalue weighted by Gasteiger charge is 2.40. The van der Waals surface area contributed by atoms with Crippen LogP contribution in [-0.2, 0) is 14.2 Å². The van der Waals surface area contributed by atoms with E-state index in [1.165, 1.54) is 12.8 Å². The summed E-state index contributed by atoms with van der Waals surface area (Å²) in [5.74, 6) is -0.232. The Hall–Kier alpha value is -0.120. The summed E-state index contributed by atoms with van der Waals surface area (Å²) in [7, 11) is 0. The van der Waals surface area contributed by atoms with E-state index in [2.05, 4.69) is 6.92 Å². The fourth-order valence-corrected chi connectivity index (χ4v) is 2.38. The molecule has 1 spiro atoms. The van der Waals surface area contributed by atoms with Crippen LogP contribution in [0.15, 0.2) is 0 Å². The molecule has 2 rings (SSSR count). The van der Waals surface area contributed by atoms with E-state index in [1.807, 2.05) is 0 Å². The minimum absolute atomic E-state index is 0.232. The summed E-state index contributed by atoms with van der Waals surface area (Å²) in [5, 5.41) is 0. The number of rotatable bonds is 4. The first-order chi connectivity index (χ1) is 7.35. The second-order valence-corrected chi connectivity index (χ2v) is 4.53. The standard InChI is InChI=1S/C12H22O3/c1-2-3-8-13-11-4-6-12(7-5-11)14-9-10-15-12/h11H,2-10H2,1H3. The maximum atomic E-state index is 5.81. The van der Waals surface area contributed by atoms with E-state index in [0.29, 0.717) is 6.10 Å². The van der Waals surface area contributed by atoms with Crippen molar-refractivity contribution in [3.8, 4) is 0 Å². The van der Waals surface area contributed by atoms with Crippen LogP contribution in [0.25, 0.3) is 0 Å². The Morgan fingerprint density at radius 2 is 1.87 bits per heavy atom. The van der Waals surface area contributed by atoms with Gasteiger partial charge in [0.15, 0.2) is 5.79 Å². The molecule has 0 bridgehead atoms. The zero-order valence-electron chi connectivity index (χ0n) is 9.67. The molecule has 0 aromatic heterocycles.